The molecule has 1 aliphatic heterocycles. The molecule has 0 spiro atoms. The molecular formula is C19H24N4O4. The Morgan fingerprint density at radius 1 is 1.33 bits per heavy atom. The summed E-state index contributed by atoms with van der Waals surface area (Å²) in [6.45, 7) is 4.93. The molecule has 2 heterocycles. The van der Waals surface area contributed by atoms with Crippen molar-refractivity contribution in [2.75, 3.05) is 19.8 Å². The maximum atomic E-state index is 12.5. The number of carboxylic acid groups (broad SMARTS) is 1. The van der Waals surface area contributed by atoms with E-state index in [1.54, 1.807) is 11.6 Å². The number of carbonyl (C=O) groups is 2. The van der Waals surface area contributed by atoms with Gasteiger partial charge in [0, 0.05) is 19.8 Å². The summed E-state index contributed by atoms with van der Waals surface area (Å²) in [5, 5.41) is 20.3. The van der Waals surface area contributed by atoms with Gasteiger partial charge in [-0.25, -0.2) is 4.68 Å². The number of hydrogen-bond donors (Lipinski definition) is 2. The number of benzene rings is 1. The van der Waals surface area contributed by atoms with Gasteiger partial charge in [-0.05, 0) is 50.3 Å². The van der Waals surface area contributed by atoms with E-state index in [1.165, 1.54) is 0 Å². The van der Waals surface area contributed by atoms with Gasteiger partial charge in [-0.3, -0.25) is 9.59 Å². The van der Waals surface area contributed by atoms with E-state index in [2.05, 4.69) is 15.6 Å². The fourth-order valence-corrected chi connectivity index (χ4v) is 3.40. The van der Waals surface area contributed by atoms with Gasteiger partial charge in [-0.1, -0.05) is 17.3 Å². The van der Waals surface area contributed by atoms with Crippen molar-refractivity contribution in [1.82, 2.24) is 20.3 Å². The van der Waals surface area contributed by atoms with Crippen molar-refractivity contribution in [1.29, 1.82) is 0 Å². The van der Waals surface area contributed by atoms with Gasteiger partial charge in [-0.15, -0.1) is 5.10 Å². The average Bonchev–Trinajstić information content (AvgIpc) is 3.04. The summed E-state index contributed by atoms with van der Waals surface area (Å²) in [4.78, 5) is 24.2. The molecule has 1 aromatic heterocycles. The smallest absolute Gasteiger partial charge is 0.308 e. The fourth-order valence-electron chi connectivity index (χ4n) is 3.40. The third kappa shape index (κ3) is 4.33. The highest BCUT2D eigenvalue weighted by atomic mass is 16.5. The molecule has 1 amide bonds. The Hall–Kier alpha value is -2.74. The van der Waals surface area contributed by atoms with Crippen molar-refractivity contribution in [3.05, 3.63) is 41.2 Å². The van der Waals surface area contributed by atoms with E-state index in [1.807, 2.05) is 31.2 Å². The third-order valence-electron chi connectivity index (χ3n) is 4.99. The number of aryl methyl sites for hydroxylation is 1. The number of rotatable bonds is 6. The van der Waals surface area contributed by atoms with Crippen molar-refractivity contribution < 1.29 is 19.4 Å². The van der Waals surface area contributed by atoms with E-state index >= 15 is 0 Å². The second-order valence-corrected chi connectivity index (χ2v) is 6.88. The quantitative estimate of drug-likeness (QED) is 0.800. The Morgan fingerprint density at radius 3 is 2.74 bits per heavy atom. The first-order valence-corrected chi connectivity index (χ1v) is 9.05. The maximum Gasteiger partial charge on any atom is 0.308 e. The minimum Gasteiger partial charge on any atom is -0.481 e. The minimum atomic E-state index is -0.901. The summed E-state index contributed by atoms with van der Waals surface area (Å²) in [5.74, 6) is -1.95. The zero-order valence-corrected chi connectivity index (χ0v) is 15.5. The molecule has 8 nitrogen and oxygen atoms in total. The summed E-state index contributed by atoms with van der Waals surface area (Å²) in [5.41, 5.74) is 2.71. The Labute approximate surface area is 157 Å². The van der Waals surface area contributed by atoms with Crippen LogP contribution in [0.5, 0.6) is 0 Å². The largest absolute Gasteiger partial charge is 0.481 e. The highest BCUT2D eigenvalue weighted by molar-refractivity contribution is 5.93. The van der Waals surface area contributed by atoms with E-state index < -0.39 is 17.8 Å². The minimum absolute atomic E-state index is 0.000577. The number of amides is 1. The Morgan fingerprint density at radius 2 is 2.07 bits per heavy atom. The molecule has 2 N–H and O–H groups in total. The summed E-state index contributed by atoms with van der Waals surface area (Å²) in [6, 6.07) is 7.74. The fraction of sp³-hybridized carbons (Fsp3) is 0.474. The van der Waals surface area contributed by atoms with E-state index in [9.17, 15) is 14.7 Å². The molecule has 1 atom stereocenters. The molecule has 1 aliphatic rings. The predicted molar refractivity (Wildman–Crippen MR) is 97.8 cm³/mol. The zero-order valence-electron chi connectivity index (χ0n) is 15.5. The van der Waals surface area contributed by atoms with Crippen LogP contribution in [0.4, 0.5) is 0 Å². The topological polar surface area (TPSA) is 106 Å². The summed E-state index contributed by atoms with van der Waals surface area (Å²) < 4.78 is 6.90. The number of nitrogens with zero attached hydrogens (tertiary/aromatic N) is 3. The van der Waals surface area contributed by atoms with Gasteiger partial charge >= 0.3 is 5.97 Å². The molecule has 0 aliphatic carbocycles. The third-order valence-corrected chi connectivity index (χ3v) is 4.99. The van der Waals surface area contributed by atoms with Crippen LogP contribution in [0.3, 0.4) is 0 Å². The van der Waals surface area contributed by atoms with Crippen molar-refractivity contribution in [3.63, 3.8) is 0 Å². The van der Waals surface area contributed by atoms with Crippen LogP contribution in [0.1, 0.15) is 34.6 Å². The molecule has 1 fully saturated rings. The van der Waals surface area contributed by atoms with Crippen LogP contribution in [-0.4, -0.2) is 51.7 Å². The van der Waals surface area contributed by atoms with Crippen LogP contribution >= 0.6 is 0 Å². The molecule has 0 bridgehead atoms. The molecule has 1 aromatic carbocycles. The van der Waals surface area contributed by atoms with Crippen LogP contribution < -0.4 is 5.32 Å². The van der Waals surface area contributed by atoms with Crippen LogP contribution in [0.2, 0.25) is 0 Å². The first-order chi connectivity index (χ1) is 13.0. The van der Waals surface area contributed by atoms with Gasteiger partial charge in [0.15, 0.2) is 5.69 Å². The molecule has 0 saturated carbocycles. The molecule has 3 rings (SSSR count). The van der Waals surface area contributed by atoms with Crippen LogP contribution in [0.25, 0.3) is 5.69 Å². The van der Waals surface area contributed by atoms with Gasteiger partial charge in [0.05, 0.1) is 17.3 Å². The summed E-state index contributed by atoms with van der Waals surface area (Å²) >= 11 is 0. The SMILES string of the molecule is Cc1cccc(-n2nnc(C(=O)NCC(C(=O)O)C3CCOCC3)c2C)c1. The first-order valence-electron chi connectivity index (χ1n) is 9.05. The van der Waals surface area contributed by atoms with Crippen LogP contribution in [0.15, 0.2) is 24.3 Å². The zero-order chi connectivity index (χ0) is 19.4. The number of ether oxygens (including phenoxy) is 1. The molecule has 2 aromatic rings. The lowest BCUT2D eigenvalue weighted by Crippen LogP contribution is -2.39. The second kappa shape index (κ2) is 8.30. The second-order valence-electron chi connectivity index (χ2n) is 6.88. The first kappa shape index (κ1) is 19.0. The number of aliphatic carboxylic acids is 1. The van der Waals surface area contributed by atoms with E-state index in [-0.39, 0.29) is 18.2 Å². The van der Waals surface area contributed by atoms with Crippen LogP contribution in [-0.2, 0) is 9.53 Å². The van der Waals surface area contributed by atoms with Gasteiger partial charge in [0.25, 0.3) is 5.91 Å². The van der Waals surface area contributed by atoms with Gasteiger partial charge in [0.2, 0.25) is 0 Å². The number of hydrogen-bond acceptors (Lipinski definition) is 5. The highest BCUT2D eigenvalue weighted by Gasteiger charge is 2.30. The van der Waals surface area contributed by atoms with Gasteiger partial charge < -0.3 is 15.2 Å². The monoisotopic (exact) mass is 372 g/mol. The van der Waals surface area contributed by atoms with Gasteiger partial charge in [0.1, 0.15) is 0 Å². The molecule has 27 heavy (non-hydrogen) atoms. The molecule has 1 unspecified atom stereocenters. The Kier molecular flexibility index (Phi) is 5.85. The standard InChI is InChI=1S/C19H24N4O4/c1-12-4-3-5-15(10-12)23-13(2)17(21-22-23)18(24)20-11-16(19(25)26)14-6-8-27-9-7-14/h3-5,10,14,16H,6-9,11H2,1-2H3,(H,20,24)(H,25,26). The lowest BCUT2D eigenvalue weighted by Gasteiger charge is -2.27. The number of nitrogens with one attached hydrogen (secondary N) is 1. The molecule has 144 valence electrons. The van der Waals surface area contributed by atoms with E-state index in [4.69, 9.17) is 4.74 Å². The van der Waals surface area contributed by atoms with E-state index in [0.29, 0.717) is 31.7 Å². The Bertz CT molecular complexity index is 827. The van der Waals surface area contributed by atoms with Crippen molar-refractivity contribution >= 4 is 11.9 Å². The maximum absolute atomic E-state index is 12.5. The average molecular weight is 372 g/mol. The number of carboxylic acids is 1. The molecular weight excluding hydrogens is 348 g/mol. The lowest BCUT2D eigenvalue weighted by molar-refractivity contribution is -0.144. The number of aromatic nitrogens is 3. The molecule has 8 heteroatoms. The van der Waals surface area contributed by atoms with Crippen LogP contribution in [0, 0.1) is 25.7 Å². The summed E-state index contributed by atoms with van der Waals surface area (Å²) in [6.07, 6.45) is 1.38. The van der Waals surface area contributed by atoms with Crippen molar-refractivity contribution in [2.24, 2.45) is 11.8 Å². The summed E-state index contributed by atoms with van der Waals surface area (Å²) in [7, 11) is 0. The molecule has 1 saturated heterocycles. The molecule has 0 radical (unpaired) electrons. The lowest BCUT2D eigenvalue weighted by atomic mass is 9.86. The number of carbonyl (C=O) groups excluding carboxylic acids is 1. The van der Waals surface area contributed by atoms with Crippen molar-refractivity contribution in [2.45, 2.75) is 26.7 Å². The van der Waals surface area contributed by atoms with E-state index in [0.717, 1.165) is 11.3 Å². The Balaban J connectivity index is 1.70. The highest BCUT2D eigenvalue weighted by Crippen LogP contribution is 2.24. The van der Waals surface area contributed by atoms with Gasteiger partial charge in [-0.2, -0.15) is 0 Å². The van der Waals surface area contributed by atoms with Crippen molar-refractivity contribution in [3.8, 4) is 5.69 Å². The normalized spacial score (nSPS) is 16.1. The predicted octanol–water partition coefficient (Wildman–Crippen LogP) is 1.74.